The molecular weight excluding hydrogens is 348 g/mol. The van der Waals surface area contributed by atoms with E-state index in [1.165, 1.54) is 6.20 Å². The monoisotopic (exact) mass is 360 g/mol. The number of carboxylic acid groups (broad SMARTS) is 1. The molecule has 1 aromatic heterocycles. The molecule has 2 N–H and O–H groups in total. The zero-order chi connectivity index (χ0) is 14.8. The molecule has 5 nitrogen and oxygen atoms in total. The molecule has 0 aliphatic heterocycles. The Labute approximate surface area is 129 Å². The van der Waals surface area contributed by atoms with Crippen LogP contribution in [-0.2, 0) is 9.59 Å². The fourth-order valence-electron chi connectivity index (χ4n) is 2.53. The highest BCUT2D eigenvalue weighted by atomic mass is 79.9. The summed E-state index contributed by atoms with van der Waals surface area (Å²) in [6, 6.07) is 1.63. The average Bonchev–Trinajstić information content (AvgIpc) is 2.83. The van der Waals surface area contributed by atoms with Crippen molar-refractivity contribution in [1.29, 1.82) is 0 Å². The van der Waals surface area contributed by atoms with E-state index in [2.05, 4.69) is 26.2 Å². The molecule has 0 atom stereocenters. The minimum atomic E-state index is -0.935. The maximum atomic E-state index is 12.1. The summed E-state index contributed by atoms with van der Waals surface area (Å²) in [5.74, 6) is -1.25. The summed E-state index contributed by atoms with van der Waals surface area (Å²) >= 11 is 9.13. The zero-order valence-electron chi connectivity index (χ0n) is 10.7. The highest BCUT2D eigenvalue weighted by Gasteiger charge is 2.43. The number of amides is 1. The van der Waals surface area contributed by atoms with Crippen molar-refractivity contribution in [1.82, 2.24) is 4.98 Å². The lowest BCUT2D eigenvalue weighted by Crippen LogP contribution is -2.32. The van der Waals surface area contributed by atoms with Gasteiger partial charge in [0.15, 0.2) is 5.15 Å². The SMILES string of the molecule is O=C(CC1(C(=O)O)CCCC1)Nc1cc(Br)cnc1Cl. The molecule has 0 unspecified atom stereocenters. The molecule has 20 heavy (non-hydrogen) atoms. The molecule has 1 aromatic rings. The number of carbonyl (C=O) groups is 2. The second-order valence-electron chi connectivity index (χ2n) is 5.01. The van der Waals surface area contributed by atoms with Gasteiger partial charge in [-0.05, 0) is 34.8 Å². The number of hydrogen-bond acceptors (Lipinski definition) is 3. The molecular formula is C13H14BrClN2O3. The van der Waals surface area contributed by atoms with Gasteiger partial charge in [0, 0.05) is 17.1 Å². The molecule has 0 spiro atoms. The normalized spacial score (nSPS) is 16.9. The molecule has 108 valence electrons. The van der Waals surface area contributed by atoms with E-state index in [9.17, 15) is 14.7 Å². The number of nitrogens with zero attached hydrogens (tertiary/aromatic N) is 1. The van der Waals surface area contributed by atoms with Crippen LogP contribution in [0.15, 0.2) is 16.7 Å². The van der Waals surface area contributed by atoms with E-state index in [-0.39, 0.29) is 17.5 Å². The third-order valence-electron chi connectivity index (χ3n) is 3.59. The number of pyridine rings is 1. The van der Waals surface area contributed by atoms with Gasteiger partial charge in [0.05, 0.1) is 11.1 Å². The summed E-state index contributed by atoms with van der Waals surface area (Å²) in [6.45, 7) is 0. The molecule has 0 saturated heterocycles. The molecule has 2 rings (SSSR count). The number of rotatable bonds is 4. The molecule has 1 heterocycles. The molecule has 7 heteroatoms. The molecule has 0 aromatic carbocycles. The Kier molecular flexibility index (Phi) is 4.65. The van der Waals surface area contributed by atoms with E-state index in [0.29, 0.717) is 23.0 Å². The van der Waals surface area contributed by atoms with Gasteiger partial charge in [-0.2, -0.15) is 0 Å². The second-order valence-corrected chi connectivity index (χ2v) is 6.28. The minimum absolute atomic E-state index is 0.0365. The fourth-order valence-corrected chi connectivity index (χ4v) is 3.01. The van der Waals surface area contributed by atoms with Crippen LogP contribution >= 0.6 is 27.5 Å². The van der Waals surface area contributed by atoms with E-state index in [4.69, 9.17) is 11.6 Å². The maximum absolute atomic E-state index is 12.1. The Hall–Kier alpha value is -1.14. The van der Waals surface area contributed by atoms with Crippen molar-refractivity contribution in [2.24, 2.45) is 5.41 Å². The van der Waals surface area contributed by atoms with Crippen molar-refractivity contribution in [2.45, 2.75) is 32.1 Å². The average molecular weight is 362 g/mol. The molecule has 1 aliphatic rings. The first kappa shape index (κ1) is 15.3. The number of halogens is 2. The highest BCUT2D eigenvalue weighted by molar-refractivity contribution is 9.10. The fraction of sp³-hybridized carbons (Fsp3) is 0.462. The first-order chi connectivity index (χ1) is 9.43. The van der Waals surface area contributed by atoms with Crippen LogP contribution in [-0.4, -0.2) is 22.0 Å². The van der Waals surface area contributed by atoms with Crippen LogP contribution in [0.3, 0.4) is 0 Å². The number of aliphatic carboxylic acids is 1. The number of aromatic nitrogens is 1. The predicted molar refractivity (Wildman–Crippen MR) is 78.7 cm³/mol. The third-order valence-corrected chi connectivity index (χ3v) is 4.33. The van der Waals surface area contributed by atoms with Crippen molar-refractivity contribution in [3.8, 4) is 0 Å². The van der Waals surface area contributed by atoms with Crippen molar-refractivity contribution < 1.29 is 14.7 Å². The summed E-state index contributed by atoms with van der Waals surface area (Å²) in [5.41, 5.74) is -0.555. The van der Waals surface area contributed by atoms with E-state index >= 15 is 0 Å². The quantitative estimate of drug-likeness (QED) is 0.805. The second kappa shape index (κ2) is 6.10. The van der Waals surface area contributed by atoms with E-state index in [1.54, 1.807) is 6.07 Å². The van der Waals surface area contributed by atoms with Crippen LogP contribution in [0.4, 0.5) is 5.69 Å². The van der Waals surface area contributed by atoms with E-state index in [1.807, 2.05) is 0 Å². The van der Waals surface area contributed by atoms with Crippen molar-refractivity contribution in [3.63, 3.8) is 0 Å². The summed E-state index contributed by atoms with van der Waals surface area (Å²) in [7, 11) is 0. The number of carboxylic acids is 1. The summed E-state index contributed by atoms with van der Waals surface area (Å²) in [6.07, 6.45) is 4.26. The van der Waals surface area contributed by atoms with Gasteiger partial charge in [0.2, 0.25) is 5.91 Å². The van der Waals surface area contributed by atoms with Crippen LogP contribution in [0.2, 0.25) is 5.15 Å². The molecule has 0 radical (unpaired) electrons. The largest absolute Gasteiger partial charge is 0.481 e. The van der Waals surface area contributed by atoms with Crippen LogP contribution < -0.4 is 5.32 Å². The van der Waals surface area contributed by atoms with Gasteiger partial charge < -0.3 is 10.4 Å². The molecule has 1 fully saturated rings. The third kappa shape index (κ3) is 3.30. The van der Waals surface area contributed by atoms with Gasteiger partial charge in [0.1, 0.15) is 0 Å². The Bertz CT molecular complexity index is 544. The van der Waals surface area contributed by atoms with Crippen molar-refractivity contribution in [3.05, 3.63) is 21.9 Å². The first-order valence-corrected chi connectivity index (χ1v) is 7.44. The topological polar surface area (TPSA) is 79.3 Å². The van der Waals surface area contributed by atoms with Gasteiger partial charge in [-0.15, -0.1) is 0 Å². The number of anilines is 1. The Morgan fingerprint density at radius 3 is 2.70 bits per heavy atom. The molecule has 1 aliphatic carbocycles. The lowest BCUT2D eigenvalue weighted by atomic mass is 9.82. The Balaban J connectivity index is 2.08. The summed E-state index contributed by atoms with van der Waals surface area (Å²) in [4.78, 5) is 27.4. The highest BCUT2D eigenvalue weighted by Crippen LogP contribution is 2.41. The number of carbonyl (C=O) groups excluding carboxylic acids is 1. The Morgan fingerprint density at radius 1 is 1.45 bits per heavy atom. The Morgan fingerprint density at radius 2 is 2.10 bits per heavy atom. The van der Waals surface area contributed by atoms with Gasteiger partial charge >= 0.3 is 5.97 Å². The summed E-state index contributed by atoms with van der Waals surface area (Å²) < 4.78 is 0.686. The zero-order valence-corrected chi connectivity index (χ0v) is 13.0. The predicted octanol–water partition coefficient (Wildman–Crippen LogP) is 3.47. The standard InChI is InChI=1S/C13H14BrClN2O3/c14-8-5-9(11(15)16-7-8)17-10(18)6-13(12(19)20)3-1-2-4-13/h5,7H,1-4,6H2,(H,17,18)(H,19,20). The lowest BCUT2D eigenvalue weighted by molar-refractivity contribution is -0.150. The van der Waals surface area contributed by atoms with Crippen molar-refractivity contribution >= 4 is 45.1 Å². The van der Waals surface area contributed by atoms with E-state index < -0.39 is 11.4 Å². The van der Waals surface area contributed by atoms with Crippen LogP contribution in [0, 0.1) is 5.41 Å². The van der Waals surface area contributed by atoms with Crippen LogP contribution in [0.5, 0.6) is 0 Å². The smallest absolute Gasteiger partial charge is 0.310 e. The minimum Gasteiger partial charge on any atom is -0.481 e. The van der Waals surface area contributed by atoms with Gasteiger partial charge in [-0.1, -0.05) is 24.4 Å². The van der Waals surface area contributed by atoms with Gasteiger partial charge in [0.25, 0.3) is 0 Å². The van der Waals surface area contributed by atoms with Gasteiger partial charge in [-0.25, -0.2) is 4.98 Å². The lowest BCUT2D eigenvalue weighted by Gasteiger charge is -2.22. The number of nitrogens with one attached hydrogen (secondary N) is 1. The van der Waals surface area contributed by atoms with Crippen molar-refractivity contribution in [2.75, 3.05) is 5.32 Å². The van der Waals surface area contributed by atoms with E-state index in [0.717, 1.165) is 12.8 Å². The molecule has 1 amide bonds. The van der Waals surface area contributed by atoms with Crippen LogP contribution in [0.1, 0.15) is 32.1 Å². The maximum Gasteiger partial charge on any atom is 0.310 e. The molecule has 0 bridgehead atoms. The van der Waals surface area contributed by atoms with Crippen LogP contribution in [0.25, 0.3) is 0 Å². The summed E-state index contributed by atoms with van der Waals surface area (Å²) in [5, 5.41) is 12.2. The molecule has 1 saturated carbocycles. The van der Waals surface area contributed by atoms with Gasteiger partial charge in [-0.3, -0.25) is 9.59 Å². The first-order valence-electron chi connectivity index (χ1n) is 6.27. The number of hydrogen-bond donors (Lipinski definition) is 2.